The van der Waals surface area contributed by atoms with Gasteiger partial charge in [0.15, 0.2) is 5.78 Å². The van der Waals surface area contributed by atoms with Gasteiger partial charge in [-0.2, -0.15) is 0 Å². The summed E-state index contributed by atoms with van der Waals surface area (Å²) in [6.45, 7) is 4.08. The van der Waals surface area contributed by atoms with E-state index in [0.29, 0.717) is 6.61 Å². The van der Waals surface area contributed by atoms with E-state index < -0.39 is 6.10 Å². The van der Waals surface area contributed by atoms with E-state index in [2.05, 4.69) is 0 Å². The number of hydrogen-bond donors (Lipinski definition) is 1. The SMILES string of the molecule is C/C=C/C=C/C(=O)C[C@H](O)[C@H](C)OCc1ccccc1. The molecule has 20 heavy (non-hydrogen) atoms. The lowest BCUT2D eigenvalue weighted by Gasteiger charge is -2.18. The van der Waals surface area contributed by atoms with Crippen LogP contribution in [0.4, 0.5) is 0 Å². The van der Waals surface area contributed by atoms with E-state index >= 15 is 0 Å². The molecule has 1 aromatic rings. The zero-order chi connectivity index (χ0) is 14.8. The van der Waals surface area contributed by atoms with Crippen molar-refractivity contribution in [1.29, 1.82) is 0 Å². The third-order valence-electron chi connectivity index (χ3n) is 2.89. The third kappa shape index (κ3) is 6.45. The lowest BCUT2D eigenvalue weighted by atomic mass is 10.1. The molecule has 1 aromatic carbocycles. The van der Waals surface area contributed by atoms with Crippen LogP contribution >= 0.6 is 0 Å². The van der Waals surface area contributed by atoms with E-state index in [4.69, 9.17) is 4.74 Å². The lowest BCUT2D eigenvalue weighted by molar-refractivity contribution is -0.119. The molecular formula is C17H22O3. The maximum atomic E-state index is 11.6. The second-order valence-electron chi connectivity index (χ2n) is 4.62. The Morgan fingerprint density at radius 1 is 1.30 bits per heavy atom. The minimum absolute atomic E-state index is 0.0734. The molecule has 0 saturated carbocycles. The van der Waals surface area contributed by atoms with Gasteiger partial charge in [-0.05, 0) is 25.5 Å². The Labute approximate surface area is 120 Å². The van der Waals surface area contributed by atoms with Crippen LogP contribution in [0.5, 0.6) is 0 Å². The zero-order valence-electron chi connectivity index (χ0n) is 12.0. The summed E-state index contributed by atoms with van der Waals surface area (Å²) in [6.07, 6.45) is 5.66. The van der Waals surface area contributed by atoms with E-state index in [1.54, 1.807) is 19.1 Å². The van der Waals surface area contributed by atoms with Gasteiger partial charge in [-0.1, -0.05) is 48.6 Å². The van der Waals surface area contributed by atoms with Gasteiger partial charge in [0.1, 0.15) is 0 Å². The van der Waals surface area contributed by atoms with Crippen molar-refractivity contribution in [2.24, 2.45) is 0 Å². The minimum atomic E-state index is -0.790. The molecule has 108 valence electrons. The van der Waals surface area contributed by atoms with Gasteiger partial charge in [-0.3, -0.25) is 4.79 Å². The Morgan fingerprint density at radius 2 is 2.00 bits per heavy atom. The van der Waals surface area contributed by atoms with Crippen LogP contribution in [0, 0.1) is 0 Å². The van der Waals surface area contributed by atoms with E-state index in [9.17, 15) is 9.90 Å². The van der Waals surface area contributed by atoms with Crippen LogP contribution in [-0.4, -0.2) is 23.1 Å². The summed E-state index contributed by atoms with van der Waals surface area (Å²) in [5.74, 6) is -0.106. The molecule has 0 unspecified atom stereocenters. The summed E-state index contributed by atoms with van der Waals surface area (Å²) in [5, 5.41) is 9.92. The molecule has 0 aliphatic carbocycles. The fourth-order valence-electron chi connectivity index (χ4n) is 1.63. The predicted octanol–water partition coefficient (Wildman–Crippen LogP) is 3.04. The van der Waals surface area contributed by atoms with E-state index in [-0.39, 0.29) is 18.3 Å². The number of aliphatic hydroxyl groups excluding tert-OH is 1. The number of carbonyl (C=O) groups is 1. The largest absolute Gasteiger partial charge is 0.390 e. The van der Waals surface area contributed by atoms with Crippen molar-refractivity contribution in [3.63, 3.8) is 0 Å². The molecule has 0 spiro atoms. The number of rotatable bonds is 8. The van der Waals surface area contributed by atoms with Gasteiger partial charge in [0.25, 0.3) is 0 Å². The fraction of sp³-hybridized carbons (Fsp3) is 0.353. The Bertz CT molecular complexity index is 449. The summed E-state index contributed by atoms with van der Waals surface area (Å²) < 4.78 is 5.58. The molecule has 1 N–H and O–H groups in total. The highest BCUT2D eigenvalue weighted by atomic mass is 16.5. The molecule has 0 aliphatic rings. The van der Waals surface area contributed by atoms with Crippen LogP contribution in [-0.2, 0) is 16.1 Å². The molecule has 3 nitrogen and oxygen atoms in total. The van der Waals surface area contributed by atoms with Crippen molar-refractivity contribution >= 4 is 5.78 Å². The fourth-order valence-corrected chi connectivity index (χ4v) is 1.63. The maximum absolute atomic E-state index is 11.6. The molecule has 0 saturated heterocycles. The van der Waals surface area contributed by atoms with Crippen molar-refractivity contribution in [2.45, 2.75) is 39.1 Å². The van der Waals surface area contributed by atoms with Gasteiger partial charge in [-0.15, -0.1) is 0 Å². The summed E-state index contributed by atoms with van der Waals surface area (Å²) in [5.41, 5.74) is 1.05. The predicted molar refractivity (Wildman–Crippen MR) is 80.3 cm³/mol. The highest BCUT2D eigenvalue weighted by Crippen LogP contribution is 2.09. The van der Waals surface area contributed by atoms with Crippen LogP contribution < -0.4 is 0 Å². The number of aliphatic hydroxyl groups is 1. The van der Waals surface area contributed by atoms with Gasteiger partial charge < -0.3 is 9.84 Å². The smallest absolute Gasteiger partial charge is 0.158 e. The number of ether oxygens (including phenoxy) is 1. The average Bonchev–Trinajstić information content (AvgIpc) is 2.46. The maximum Gasteiger partial charge on any atom is 0.158 e. The van der Waals surface area contributed by atoms with Crippen LogP contribution in [0.25, 0.3) is 0 Å². The lowest BCUT2D eigenvalue weighted by Crippen LogP contribution is -2.28. The van der Waals surface area contributed by atoms with Gasteiger partial charge in [0, 0.05) is 6.42 Å². The van der Waals surface area contributed by atoms with Crippen molar-refractivity contribution < 1.29 is 14.6 Å². The van der Waals surface area contributed by atoms with Gasteiger partial charge >= 0.3 is 0 Å². The van der Waals surface area contributed by atoms with Crippen molar-refractivity contribution in [3.8, 4) is 0 Å². The first kappa shape index (κ1) is 16.3. The quantitative estimate of drug-likeness (QED) is 0.585. The van der Waals surface area contributed by atoms with Crippen LogP contribution in [0.2, 0.25) is 0 Å². The van der Waals surface area contributed by atoms with Gasteiger partial charge in [0.05, 0.1) is 18.8 Å². The molecule has 3 heteroatoms. The summed E-state index contributed by atoms with van der Waals surface area (Å²) in [7, 11) is 0. The highest BCUT2D eigenvalue weighted by Gasteiger charge is 2.17. The zero-order valence-corrected chi connectivity index (χ0v) is 12.0. The summed E-state index contributed by atoms with van der Waals surface area (Å²) in [4.78, 5) is 11.6. The van der Waals surface area contributed by atoms with Crippen molar-refractivity contribution in [3.05, 3.63) is 60.2 Å². The molecule has 0 radical (unpaired) electrons. The van der Waals surface area contributed by atoms with E-state index in [1.807, 2.05) is 43.3 Å². The summed E-state index contributed by atoms with van der Waals surface area (Å²) in [6, 6.07) is 9.75. The Hall–Kier alpha value is -1.71. The minimum Gasteiger partial charge on any atom is -0.390 e. The third-order valence-corrected chi connectivity index (χ3v) is 2.89. The Kier molecular flexibility index (Phi) is 7.55. The first-order chi connectivity index (χ1) is 9.63. The normalized spacial score (nSPS) is 14.8. The number of ketones is 1. The average molecular weight is 274 g/mol. The van der Waals surface area contributed by atoms with Crippen LogP contribution in [0.1, 0.15) is 25.8 Å². The molecule has 0 aromatic heterocycles. The number of allylic oxidation sites excluding steroid dienone is 4. The second kappa shape index (κ2) is 9.23. The standard InChI is InChI=1S/C17H22O3/c1-3-4-6-11-16(18)12-17(19)14(2)20-13-15-9-7-5-8-10-15/h3-11,14,17,19H,12-13H2,1-2H3/b4-3+,11-6+/t14-,17-/m0/s1. The molecule has 1 rings (SSSR count). The highest BCUT2D eigenvalue weighted by molar-refractivity contribution is 5.90. The van der Waals surface area contributed by atoms with Crippen molar-refractivity contribution in [2.75, 3.05) is 0 Å². The van der Waals surface area contributed by atoms with E-state index in [0.717, 1.165) is 5.56 Å². The first-order valence-electron chi connectivity index (χ1n) is 6.79. The summed E-state index contributed by atoms with van der Waals surface area (Å²) >= 11 is 0. The van der Waals surface area contributed by atoms with Gasteiger partial charge in [-0.25, -0.2) is 0 Å². The topological polar surface area (TPSA) is 46.5 Å². The number of carbonyl (C=O) groups excluding carboxylic acids is 1. The van der Waals surface area contributed by atoms with Crippen molar-refractivity contribution in [1.82, 2.24) is 0 Å². The molecule has 0 bridgehead atoms. The molecule has 0 heterocycles. The van der Waals surface area contributed by atoms with E-state index in [1.165, 1.54) is 6.08 Å². The molecule has 0 amide bonds. The number of hydrogen-bond acceptors (Lipinski definition) is 3. The monoisotopic (exact) mass is 274 g/mol. The number of benzene rings is 1. The van der Waals surface area contributed by atoms with Crippen LogP contribution in [0.15, 0.2) is 54.6 Å². The molecular weight excluding hydrogens is 252 g/mol. The first-order valence-corrected chi connectivity index (χ1v) is 6.79. The molecule has 0 fully saturated rings. The Balaban J connectivity index is 2.35. The van der Waals surface area contributed by atoms with Gasteiger partial charge in [0.2, 0.25) is 0 Å². The Morgan fingerprint density at radius 3 is 2.65 bits per heavy atom. The molecule has 2 atom stereocenters. The van der Waals surface area contributed by atoms with Crippen LogP contribution in [0.3, 0.4) is 0 Å². The second-order valence-corrected chi connectivity index (χ2v) is 4.62. The molecule has 0 aliphatic heterocycles.